The van der Waals surface area contributed by atoms with Gasteiger partial charge in [-0.25, -0.2) is 0 Å². The molecule has 1 heterocycles. The van der Waals surface area contributed by atoms with Gasteiger partial charge in [-0.3, -0.25) is 4.79 Å². The average molecular weight is 275 g/mol. The lowest BCUT2D eigenvalue weighted by Crippen LogP contribution is -2.30. The Kier molecular flexibility index (Phi) is 5.11. The summed E-state index contributed by atoms with van der Waals surface area (Å²) in [7, 11) is 1.75. The number of nitrogens with zero attached hydrogens (tertiary/aromatic N) is 3. The summed E-state index contributed by atoms with van der Waals surface area (Å²) in [4.78, 5) is 17.4. The molecule has 106 valence electrons. The van der Waals surface area contributed by atoms with Crippen LogP contribution in [0.25, 0.3) is 0 Å². The van der Waals surface area contributed by atoms with Gasteiger partial charge in [-0.2, -0.15) is 4.98 Å². The van der Waals surface area contributed by atoms with Gasteiger partial charge in [0.25, 0.3) is 0 Å². The first-order chi connectivity index (χ1) is 9.75. The molecule has 2 aromatic rings. The van der Waals surface area contributed by atoms with E-state index in [4.69, 9.17) is 4.74 Å². The van der Waals surface area contributed by atoms with Crippen molar-refractivity contribution < 1.29 is 14.1 Å². The van der Waals surface area contributed by atoms with Crippen LogP contribution in [0.3, 0.4) is 0 Å². The van der Waals surface area contributed by atoms with E-state index in [1.54, 1.807) is 11.9 Å². The van der Waals surface area contributed by atoms with E-state index in [2.05, 4.69) is 14.7 Å². The Bertz CT molecular complexity index is 514. The van der Waals surface area contributed by atoms with Crippen LogP contribution < -0.4 is 4.74 Å². The molecule has 0 aliphatic carbocycles. The van der Waals surface area contributed by atoms with Crippen molar-refractivity contribution in [1.82, 2.24) is 15.0 Å². The molecule has 0 aliphatic heterocycles. The van der Waals surface area contributed by atoms with Gasteiger partial charge in [0, 0.05) is 20.0 Å². The van der Waals surface area contributed by atoms with Crippen molar-refractivity contribution >= 4 is 5.91 Å². The number of hydrogen-bond acceptors (Lipinski definition) is 5. The zero-order chi connectivity index (χ0) is 14.2. The van der Waals surface area contributed by atoms with E-state index in [0.717, 1.165) is 5.75 Å². The normalized spacial score (nSPS) is 10.2. The van der Waals surface area contributed by atoms with E-state index in [1.165, 1.54) is 6.39 Å². The van der Waals surface area contributed by atoms with Gasteiger partial charge in [-0.1, -0.05) is 23.4 Å². The molecule has 1 aromatic carbocycles. The Hall–Kier alpha value is -2.37. The molecule has 0 unspecified atom stereocenters. The Morgan fingerprint density at radius 1 is 1.35 bits per heavy atom. The first kappa shape index (κ1) is 14.0. The summed E-state index contributed by atoms with van der Waals surface area (Å²) in [6, 6.07) is 9.45. The van der Waals surface area contributed by atoms with Crippen LogP contribution in [-0.2, 0) is 11.2 Å². The number of amides is 1. The molecule has 0 N–H and O–H groups in total. The fourth-order valence-electron chi connectivity index (χ4n) is 1.66. The summed E-state index contributed by atoms with van der Waals surface area (Å²) in [5.74, 6) is 1.41. The third-order valence-electron chi connectivity index (χ3n) is 2.83. The van der Waals surface area contributed by atoms with E-state index in [-0.39, 0.29) is 5.91 Å². The number of para-hydroxylation sites is 1. The molecule has 1 aromatic heterocycles. The Morgan fingerprint density at radius 3 is 2.85 bits per heavy atom. The molecule has 0 atom stereocenters. The maximum absolute atomic E-state index is 11.9. The second-order valence-electron chi connectivity index (χ2n) is 4.32. The number of carbonyl (C=O) groups excluding carboxylic acids is 1. The van der Waals surface area contributed by atoms with Crippen molar-refractivity contribution in [2.75, 3.05) is 20.2 Å². The number of benzene rings is 1. The predicted octanol–water partition coefficient (Wildman–Crippen LogP) is 1.54. The molecular formula is C14H17N3O3. The zero-order valence-electron chi connectivity index (χ0n) is 11.4. The minimum atomic E-state index is 0.0319. The third-order valence-corrected chi connectivity index (χ3v) is 2.83. The van der Waals surface area contributed by atoms with Crippen LogP contribution in [0.15, 0.2) is 41.2 Å². The van der Waals surface area contributed by atoms with Crippen LogP contribution in [-0.4, -0.2) is 41.1 Å². The van der Waals surface area contributed by atoms with Gasteiger partial charge in [0.2, 0.25) is 12.3 Å². The summed E-state index contributed by atoms with van der Waals surface area (Å²) in [5.41, 5.74) is 0. The molecule has 6 heteroatoms. The van der Waals surface area contributed by atoms with Crippen molar-refractivity contribution in [3.8, 4) is 5.75 Å². The smallest absolute Gasteiger partial charge is 0.225 e. The highest BCUT2D eigenvalue weighted by atomic mass is 16.5. The first-order valence-corrected chi connectivity index (χ1v) is 6.43. The van der Waals surface area contributed by atoms with E-state index in [0.29, 0.717) is 31.8 Å². The third kappa shape index (κ3) is 4.38. The lowest BCUT2D eigenvalue weighted by atomic mass is 10.3. The molecule has 1 amide bonds. The highest BCUT2D eigenvalue weighted by Crippen LogP contribution is 2.08. The standard InChI is InChI=1S/C14H17N3O3/c1-17(9-7-13-15-11-20-16-13)14(18)8-10-19-12-5-3-2-4-6-12/h2-6,11H,7-10H2,1H3. The van der Waals surface area contributed by atoms with Crippen LogP contribution in [0.2, 0.25) is 0 Å². The number of ether oxygens (including phenoxy) is 1. The predicted molar refractivity (Wildman–Crippen MR) is 72.2 cm³/mol. The monoisotopic (exact) mass is 275 g/mol. The van der Waals surface area contributed by atoms with Crippen molar-refractivity contribution in [1.29, 1.82) is 0 Å². The topological polar surface area (TPSA) is 68.5 Å². The van der Waals surface area contributed by atoms with E-state index in [9.17, 15) is 4.79 Å². The van der Waals surface area contributed by atoms with Crippen molar-refractivity contribution in [3.63, 3.8) is 0 Å². The highest BCUT2D eigenvalue weighted by Gasteiger charge is 2.10. The highest BCUT2D eigenvalue weighted by molar-refractivity contribution is 5.75. The SMILES string of the molecule is CN(CCc1ncon1)C(=O)CCOc1ccccc1. The molecule has 0 aliphatic rings. The molecule has 20 heavy (non-hydrogen) atoms. The van der Waals surface area contributed by atoms with E-state index < -0.39 is 0 Å². The zero-order valence-corrected chi connectivity index (χ0v) is 11.4. The number of rotatable bonds is 7. The van der Waals surface area contributed by atoms with Gasteiger partial charge in [0.15, 0.2) is 5.82 Å². The quantitative estimate of drug-likeness (QED) is 0.766. The van der Waals surface area contributed by atoms with Crippen molar-refractivity contribution in [3.05, 3.63) is 42.5 Å². The largest absolute Gasteiger partial charge is 0.493 e. The van der Waals surface area contributed by atoms with Crippen molar-refractivity contribution in [2.45, 2.75) is 12.8 Å². The number of hydrogen-bond donors (Lipinski definition) is 0. The lowest BCUT2D eigenvalue weighted by molar-refractivity contribution is -0.130. The van der Waals surface area contributed by atoms with Crippen LogP contribution in [0.4, 0.5) is 0 Å². The molecule has 0 bridgehead atoms. The molecule has 0 fully saturated rings. The van der Waals surface area contributed by atoms with Gasteiger partial charge in [0.05, 0.1) is 13.0 Å². The van der Waals surface area contributed by atoms with Gasteiger partial charge in [0.1, 0.15) is 5.75 Å². The van der Waals surface area contributed by atoms with Gasteiger partial charge >= 0.3 is 0 Å². The Labute approximate surface area is 117 Å². The van der Waals surface area contributed by atoms with E-state index in [1.807, 2.05) is 30.3 Å². The van der Waals surface area contributed by atoms with Crippen LogP contribution in [0.1, 0.15) is 12.2 Å². The summed E-state index contributed by atoms with van der Waals surface area (Å²) in [6.07, 6.45) is 2.21. The minimum Gasteiger partial charge on any atom is -0.493 e. The second kappa shape index (κ2) is 7.28. The van der Waals surface area contributed by atoms with Crippen LogP contribution >= 0.6 is 0 Å². The molecule has 2 rings (SSSR count). The maximum atomic E-state index is 11.9. The van der Waals surface area contributed by atoms with Crippen LogP contribution in [0, 0.1) is 0 Å². The molecular weight excluding hydrogens is 258 g/mol. The first-order valence-electron chi connectivity index (χ1n) is 6.43. The Balaban J connectivity index is 1.66. The minimum absolute atomic E-state index is 0.0319. The molecule has 0 saturated heterocycles. The second-order valence-corrected chi connectivity index (χ2v) is 4.32. The molecule has 0 spiro atoms. The summed E-state index contributed by atoms with van der Waals surface area (Å²) in [5, 5.41) is 3.70. The van der Waals surface area contributed by atoms with Gasteiger partial charge in [-0.05, 0) is 12.1 Å². The van der Waals surface area contributed by atoms with Crippen molar-refractivity contribution in [2.24, 2.45) is 0 Å². The van der Waals surface area contributed by atoms with Gasteiger partial charge < -0.3 is 14.2 Å². The summed E-state index contributed by atoms with van der Waals surface area (Å²) in [6.45, 7) is 0.930. The lowest BCUT2D eigenvalue weighted by Gasteiger charge is -2.16. The molecule has 0 radical (unpaired) electrons. The Morgan fingerprint density at radius 2 is 2.15 bits per heavy atom. The summed E-state index contributed by atoms with van der Waals surface area (Å²) < 4.78 is 10.1. The molecule has 6 nitrogen and oxygen atoms in total. The maximum Gasteiger partial charge on any atom is 0.225 e. The van der Waals surface area contributed by atoms with Crippen LogP contribution in [0.5, 0.6) is 5.75 Å². The van der Waals surface area contributed by atoms with Gasteiger partial charge in [-0.15, -0.1) is 0 Å². The number of aromatic nitrogens is 2. The number of carbonyl (C=O) groups is 1. The van der Waals surface area contributed by atoms with E-state index >= 15 is 0 Å². The average Bonchev–Trinajstić information content (AvgIpc) is 2.99. The fourth-order valence-corrected chi connectivity index (χ4v) is 1.66. The molecule has 0 saturated carbocycles. The summed E-state index contributed by atoms with van der Waals surface area (Å²) >= 11 is 0. The number of likely N-dealkylation sites (N-methyl/N-ethyl adjacent to an activating group) is 1. The fraction of sp³-hybridized carbons (Fsp3) is 0.357.